The lowest BCUT2D eigenvalue weighted by atomic mass is 10.2. The van der Waals surface area contributed by atoms with E-state index in [1.807, 2.05) is 0 Å². The molecule has 164 valence electrons. The van der Waals surface area contributed by atoms with E-state index in [4.69, 9.17) is 12.2 Å². The normalized spacial score (nSPS) is 14.5. The molecule has 1 aliphatic heterocycles. The lowest BCUT2D eigenvalue weighted by molar-refractivity contribution is -0.385. The Hall–Kier alpha value is -3.64. The Balaban J connectivity index is 1.54. The molecule has 2 aromatic rings. The molecule has 32 heavy (non-hydrogen) atoms. The third kappa shape index (κ3) is 5.53. The van der Waals surface area contributed by atoms with Crippen molar-refractivity contribution >= 4 is 57.8 Å². The van der Waals surface area contributed by atoms with E-state index >= 15 is 0 Å². The fraction of sp³-hybridized carbons (Fsp3) is 0.100. The number of hydrazine groups is 1. The molecule has 0 atom stereocenters. The zero-order valence-corrected chi connectivity index (χ0v) is 17.9. The second-order valence-electron chi connectivity index (χ2n) is 6.41. The second kappa shape index (κ2) is 10.1. The zero-order chi connectivity index (χ0) is 23.3. The van der Waals surface area contributed by atoms with Gasteiger partial charge >= 0.3 is 0 Å². The van der Waals surface area contributed by atoms with E-state index in [1.54, 1.807) is 6.08 Å². The van der Waals surface area contributed by atoms with Crippen molar-refractivity contribution in [1.29, 1.82) is 0 Å². The highest BCUT2D eigenvalue weighted by atomic mass is 32.2. The lowest BCUT2D eigenvalue weighted by Gasteiger charge is -2.14. The Bertz CT molecular complexity index is 1140. The molecule has 2 aromatic carbocycles. The minimum absolute atomic E-state index is 0.0292. The highest BCUT2D eigenvalue weighted by molar-refractivity contribution is 8.26. The summed E-state index contributed by atoms with van der Waals surface area (Å²) in [5.41, 5.74) is 4.29. The van der Waals surface area contributed by atoms with Crippen molar-refractivity contribution in [1.82, 2.24) is 15.8 Å². The van der Waals surface area contributed by atoms with Gasteiger partial charge in [-0.1, -0.05) is 48.2 Å². The molecule has 12 heteroatoms. The summed E-state index contributed by atoms with van der Waals surface area (Å²) in [5.74, 6) is -2.25. The lowest BCUT2D eigenvalue weighted by Crippen LogP contribution is -2.43. The van der Waals surface area contributed by atoms with Crippen LogP contribution in [0, 0.1) is 15.9 Å². The van der Waals surface area contributed by atoms with Gasteiger partial charge in [0.1, 0.15) is 15.7 Å². The standard InChI is InChI=1S/C20H15FN4O5S2/c21-13-7-5-12(6-8-13)11-16-19(28)24(20(31)32-16)10-9-17(26)22-23-18(27)14-3-1-2-4-15(14)25(29)30/h1-8,11H,9-10H2,(H,22,26)(H,23,27). The van der Waals surface area contributed by atoms with Crippen molar-refractivity contribution in [2.24, 2.45) is 0 Å². The number of thiocarbonyl (C=S) groups is 1. The molecule has 0 aliphatic carbocycles. The number of nitrogens with one attached hydrogen (secondary N) is 2. The van der Waals surface area contributed by atoms with Crippen molar-refractivity contribution in [3.05, 3.63) is 80.5 Å². The number of carbonyl (C=O) groups is 3. The number of nitrogens with zero attached hydrogens (tertiary/aromatic N) is 2. The molecular weight excluding hydrogens is 459 g/mol. The number of halogens is 1. The number of thioether (sulfide) groups is 1. The number of rotatable bonds is 6. The number of hydrogen-bond acceptors (Lipinski definition) is 7. The van der Waals surface area contributed by atoms with Crippen LogP contribution < -0.4 is 10.9 Å². The predicted octanol–water partition coefficient (Wildman–Crippen LogP) is 2.79. The highest BCUT2D eigenvalue weighted by Crippen LogP contribution is 2.32. The second-order valence-corrected chi connectivity index (χ2v) is 8.09. The maximum absolute atomic E-state index is 13.0. The van der Waals surface area contributed by atoms with Crippen LogP contribution in [0.15, 0.2) is 53.4 Å². The summed E-state index contributed by atoms with van der Waals surface area (Å²) in [7, 11) is 0. The minimum atomic E-state index is -0.849. The van der Waals surface area contributed by atoms with Crippen LogP contribution in [0.25, 0.3) is 6.08 Å². The third-order valence-corrected chi connectivity index (χ3v) is 5.64. The molecule has 2 N–H and O–H groups in total. The average molecular weight is 474 g/mol. The SMILES string of the molecule is O=C(CCN1C(=O)C(=Cc2ccc(F)cc2)SC1=S)NNC(=O)c1ccccc1[N+](=O)[O-]. The van der Waals surface area contributed by atoms with Gasteiger partial charge in [-0.3, -0.25) is 40.2 Å². The van der Waals surface area contributed by atoms with Crippen LogP contribution in [0.3, 0.4) is 0 Å². The maximum atomic E-state index is 13.0. The van der Waals surface area contributed by atoms with Gasteiger partial charge in [0, 0.05) is 19.0 Å². The molecule has 1 fully saturated rings. The molecule has 0 spiro atoms. The Morgan fingerprint density at radius 3 is 2.53 bits per heavy atom. The van der Waals surface area contributed by atoms with Crippen LogP contribution >= 0.6 is 24.0 Å². The van der Waals surface area contributed by atoms with Crippen LogP contribution in [0.4, 0.5) is 10.1 Å². The van der Waals surface area contributed by atoms with Gasteiger partial charge in [0.05, 0.1) is 9.83 Å². The van der Waals surface area contributed by atoms with Gasteiger partial charge in [-0.2, -0.15) is 0 Å². The summed E-state index contributed by atoms with van der Waals surface area (Å²) in [5, 5.41) is 11.0. The summed E-state index contributed by atoms with van der Waals surface area (Å²) in [4.78, 5) is 48.6. The van der Waals surface area contributed by atoms with Gasteiger partial charge in [0.25, 0.3) is 17.5 Å². The van der Waals surface area contributed by atoms with E-state index in [0.717, 1.165) is 11.8 Å². The predicted molar refractivity (Wildman–Crippen MR) is 120 cm³/mol. The van der Waals surface area contributed by atoms with E-state index < -0.39 is 28.2 Å². The maximum Gasteiger partial charge on any atom is 0.282 e. The summed E-state index contributed by atoms with van der Waals surface area (Å²) < 4.78 is 13.3. The Labute approximate surface area is 190 Å². The van der Waals surface area contributed by atoms with Crippen LogP contribution in [0.1, 0.15) is 22.3 Å². The van der Waals surface area contributed by atoms with Crippen LogP contribution in [-0.4, -0.2) is 38.4 Å². The monoisotopic (exact) mass is 474 g/mol. The van der Waals surface area contributed by atoms with Gasteiger partial charge in [-0.05, 0) is 29.8 Å². The van der Waals surface area contributed by atoms with E-state index in [-0.39, 0.29) is 28.8 Å². The Kier molecular flexibility index (Phi) is 7.28. The average Bonchev–Trinajstić information content (AvgIpc) is 3.04. The van der Waals surface area contributed by atoms with Gasteiger partial charge in [0.15, 0.2) is 0 Å². The molecule has 0 aromatic heterocycles. The van der Waals surface area contributed by atoms with Gasteiger partial charge in [0.2, 0.25) is 5.91 Å². The molecule has 1 heterocycles. The molecule has 0 unspecified atom stereocenters. The topological polar surface area (TPSA) is 122 Å². The number of nitro benzene ring substituents is 1. The summed E-state index contributed by atoms with van der Waals surface area (Å²) in [6.45, 7) is -0.0292. The Morgan fingerprint density at radius 1 is 1.16 bits per heavy atom. The number of benzene rings is 2. The van der Waals surface area contributed by atoms with Crippen molar-refractivity contribution in [2.45, 2.75) is 6.42 Å². The number of para-hydroxylation sites is 1. The first-order chi connectivity index (χ1) is 15.3. The molecular formula is C20H15FN4O5S2. The van der Waals surface area contributed by atoms with Crippen molar-refractivity contribution < 1.29 is 23.7 Å². The molecule has 0 bridgehead atoms. The number of carbonyl (C=O) groups excluding carboxylic acids is 3. The number of nitro groups is 1. The molecule has 1 saturated heterocycles. The third-order valence-electron chi connectivity index (χ3n) is 4.26. The first-order valence-electron chi connectivity index (χ1n) is 9.10. The Morgan fingerprint density at radius 2 is 1.84 bits per heavy atom. The number of amides is 3. The fourth-order valence-electron chi connectivity index (χ4n) is 2.70. The largest absolute Gasteiger partial charge is 0.292 e. The zero-order valence-electron chi connectivity index (χ0n) is 16.2. The van der Waals surface area contributed by atoms with Gasteiger partial charge in [-0.15, -0.1) is 0 Å². The fourth-order valence-corrected chi connectivity index (χ4v) is 4.01. The summed E-state index contributed by atoms with van der Waals surface area (Å²) >= 11 is 6.26. The van der Waals surface area contributed by atoms with E-state index in [9.17, 15) is 28.9 Å². The highest BCUT2D eigenvalue weighted by Gasteiger charge is 2.32. The summed E-state index contributed by atoms with van der Waals surface area (Å²) in [6.07, 6.45) is 1.40. The first kappa shape index (κ1) is 23.0. The molecule has 3 amide bonds. The van der Waals surface area contributed by atoms with Gasteiger partial charge in [-0.25, -0.2) is 4.39 Å². The molecule has 0 radical (unpaired) electrons. The van der Waals surface area contributed by atoms with Crippen LogP contribution in [-0.2, 0) is 9.59 Å². The molecule has 1 aliphatic rings. The van der Waals surface area contributed by atoms with E-state index in [1.165, 1.54) is 53.4 Å². The minimum Gasteiger partial charge on any atom is -0.292 e. The van der Waals surface area contributed by atoms with Crippen LogP contribution in [0.2, 0.25) is 0 Å². The van der Waals surface area contributed by atoms with Crippen molar-refractivity contribution in [2.75, 3.05) is 6.54 Å². The van der Waals surface area contributed by atoms with Gasteiger partial charge < -0.3 is 0 Å². The molecule has 3 rings (SSSR count). The van der Waals surface area contributed by atoms with Crippen molar-refractivity contribution in [3.8, 4) is 0 Å². The molecule has 9 nitrogen and oxygen atoms in total. The summed E-state index contributed by atoms with van der Waals surface area (Å²) in [6, 6.07) is 10.9. The van der Waals surface area contributed by atoms with Crippen molar-refractivity contribution in [3.63, 3.8) is 0 Å². The molecule has 0 saturated carbocycles. The van der Waals surface area contributed by atoms with E-state index in [2.05, 4.69) is 10.9 Å². The quantitative estimate of drug-likeness (QED) is 0.286. The smallest absolute Gasteiger partial charge is 0.282 e. The van der Waals surface area contributed by atoms with E-state index in [0.29, 0.717) is 10.5 Å². The number of hydrogen-bond donors (Lipinski definition) is 2. The first-order valence-corrected chi connectivity index (χ1v) is 10.3. The van der Waals surface area contributed by atoms with Crippen LogP contribution in [0.5, 0.6) is 0 Å².